The van der Waals surface area contributed by atoms with Crippen molar-refractivity contribution in [2.45, 2.75) is 0 Å². The van der Waals surface area contributed by atoms with E-state index in [1.165, 1.54) is 38.3 Å². The maximum absolute atomic E-state index is 4.84. The first kappa shape index (κ1) is 31.9. The summed E-state index contributed by atoms with van der Waals surface area (Å²) in [5, 5.41) is 4.78. The van der Waals surface area contributed by atoms with E-state index in [1.807, 2.05) is 48.9 Å². The lowest BCUT2D eigenvalue weighted by Crippen LogP contribution is -1.94. The van der Waals surface area contributed by atoms with E-state index in [0.29, 0.717) is 0 Å². The van der Waals surface area contributed by atoms with Crippen molar-refractivity contribution < 1.29 is 0 Å². The number of hydrogen-bond acceptors (Lipinski definition) is 3. The standard InChI is InChI=1S/C51H33N5/c1-2-12-39(13-3-1)56-48-26-23-35(33-44(48)42-16-11-29-54-51(42)56)41-15-10-20-49-50(41)43-14-4-5-19-47(43)55(49)40-24-21-34(22-25-40)36-30-37(45-17-6-8-27-52-45)32-38(31-36)46-18-7-9-28-53-46/h1-33H. The third-order valence-corrected chi connectivity index (χ3v) is 10.9. The molecule has 6 aromatic carbocycles. The van der Waals surface area contributed by atoms with Crippen LogP contribution in [-0.4, -0.2) is 24.1 Å². The highest BCUT2D eigenvalue weighted by molar-refractivity contribution is 6.17. The van der Waals surface area contributed by atoms with Crippen LogP contribution in [0.25, 0.3) is 99.9 Å². The molecule has 0 unspecified atom stereocenters. The topological polar surface area (TPSA) is 48.5 Å². The van der Waals surface area contributed by atoms with Gasteiger partial charge in [0.15, 0.2) is 0 Å². The monoisotopic (exact) mass is 715 g/mol. The van der Waals surface area contributed by atoms with Crippen LogP contribution >= 0.6 is 0 Å². The number of hydrogen-bond donors (Lipinski definition) is 0. The van der Waals surface area contributed by atoms with E-state index in [-0.39, 0.29) is 0 Å². The summed E-state index contributed by atoms with van der Waals surface area (Å²) in [5.74, 6) is 0. The second kappa shape index (κ2) is 13.0. The number of fused-ring (bicyclic) bond motifs is 6. The molecular formula is C51H33N5. The van der Waals surface area contributed by atoms with Crippen LogP contribution < -0.4 is 0 Å². The van der Waals surface area contributed by atoms with E-state index in [2.05, 4.69) is 171 Å². The Hall–Kier alpha value is -7.63. The molecule has 0 aliphatic heterocycles. The minimum atomic E-state index is 0.932. The number of aromatic nitrogens is 5. The highest BCUT2D eigenvalue weighted by Gasteiger charge is 2.19. The summed E-state index contributed by atoms with van der Waals surface area (Å²) in [6, 6.07) is 64.6. The summed E-state index contributed by atoms with van der Waals surface area (Å²) in [4.78, 5) is 14.2. The Bertz CT molecular complexity index is 3160. The largest absolute Gasteiger partial charge is 0.309 e. The lowest BCUT2D eigenvalue weighted by Gasteiger charge is -2.12. The Balaban J connectivity index is 1.05. The van der Waals surface area contributed by atoms with E-state index in [4.69, 9.17) is 4.98 Å². The van der Waals surface area contributed by atoms with Gasteiger partial charge in [-0.15, -0.1) is 0 Å². The van der Waals surface area contributed by atoms with Crippen LogP contribution in [-0.2, 0) is 0 Å². The van der Waals surface area contributed by atoms with Gasteiger partial charge in [-0.25, -0.2) is 4.98 Å². The fraction of sp³-hybridized carbons (Fsp3) is 0. The van der Waals surface area contributed by atoms with Gasteiger partial charge in [0, 0.05) is 62.6 Å². The minimum Gasteiger partial charge on any atom is -0.309 e. The number of rotatable bonds is 6. The molecule has 0 saturated heterocycles. The lowest BCUT2D eigenvalue weighted by molar-refractivity contribution is 1.14. The van der Waals surface area contributed by atoms with Crippen LogP contribution in [0, 0.1) is 0 Å². The van der Waals surface area contributed by atoms with Crippen LogP contribution in [0.5, 0.6) is 0 Å². The highest BCUT2D eigenvalue weighted by Crippen LogP contribution is 2.41. The predicted octanol–water partition coefficient (Wildman–Crippen LogP) is 12.7. The second-order valence-electron chi connectivity index (χ2n) is 14.1. The molecule has 0 bridgehead atoms. The zero-order valence-corrected chi connectivity index (χ0v) is 30.3. The SMILES string of the molecule is c1ccc(-n2c3ccc(-c4cccc5c4c4ccccc4n5-c4ccc(-c5cc(-c6ccccn6)cc(-c6ccccn6)c5)cc4)cc3c3cccnc32)cc1. The Kier molecular flexibility index (Phi) is 7.42. The molecule has 0 aliphatic carbocycles. The van der Waals surface area contributed by atoms with Crippen molar-refractivity contribution in [1.82, 2.24) is 24.1 Å². The van der Waals surface area contributed by atoms with Gasteiger partial charge in [-0.05, 0) is 125 Å². The molecule has 0 atom stereocenters. The zero-order valence-electron chi connectivity index (χ0n) is 30.3. The van der Waals surface area contributed by atoms with E-state index in [1.54, 1.807) is 0 Å². The van der Waals surface area contributed by atoms with Crippen molar-refractivity contribution in [3.8, 4) is 56.1 Å². The molecule has 0 fully saturated rings. The van der Waals surface area contributed by atoms with Crippen molar-refractivity contribution in [3.05, 3.63) is 201 Å². The van der Waals surface area contributed by atoms with Crippen LogP contribution in [0.1, 0.15) is 0 Å². The molecule has 262 valence electrons. The molecular weight excluding hydrogens is 683 g/mol. The van der Waals surface area contributed by atoms with Crippen molar-refractivity contribution >= 4 is 43.7 Å². The fourth-order valence-electron chi connectivity index (χ4n) is 8.35. The third kappa shape index (κ3) is 5.21. The molecule has 0 N–H and O–H groups in total. The minimum absolute atomic E-state index is 0.932. The molecule has 11 aromatic rings. The third-order valence-electron chi connectivity index (χ3n) is 10.9. The first-order valence-electron chi connectivity index (χ1n) is 18.8. The smallest absolute Gasteiger partial charge is 0.145 e. The molecule has 56 heavy (non-hydrogen) atoms. The first-order chi connectivity index (χ1) is 27.8. The number of para-hydroxylation sites is 2. The average Bonchev–Trinajstić information content (AvgIpc) is 3.80. The highest BCUT2D eigenvalue weighted by atomic mass is 15.0. The molecule has 0 spiro atoms. The van der Waals surface area contributed by atoms with Crippen LogP contribution in [0.2, 0.25) is 0 Å². The Morgan fingerprint density at radius 2 is 0.929 bits per heavy atom. The molecule has 0 amide bonds. The Labute approximate surface area is 323 Å². The predicted molar refractivity (Wildman–Crippen MR) is 230 cm³/mol. The molecule has 0 radical (unpaired) electrons. The van der Waals surface area contributed by atoms with Gasteiger partial charge in [-0.2, -0.15) is 0 Å². The summed E-state index contributed by atoms with van der Waals surface area (Å²) >= 11 is 0. The van der Waals surface area contributed by atoms with E-state index >= 15 is 0 Å². The van der Waals surface area contributed by atoms with E-state index in [9.17, 15) is 0 Å². The molecule has 11 rings (SSSR count). The van der Waals surface area contributed by atoms with Crippen molar-refractivity contribution in [2.24, 2.45) is 0 Å². The Morgan fingerprint density at radius 3 is 1.68 bits per heavy atom. The summed E-state index contributed by atoms with van der Waals surface area (Å²) in [6.45, 7) is 0. The van der Waals surface area contributed by atoms with Gasteiger partial charge in [0.1, 0.15) is 5.65 Å². The molecule has 0 saturated carbocycles. The lowest BCUT2D eigenvalue weighted by atomic mass is 9.96. The van der Waals surface area contributed by atoms with Crippen LogP contribution in [0.4, 0.5) is 0 Å². The average molecular weight is 716 g/mol. The quantitative estimate of drug-likeness (QED) is 0.172. The van der Waals surface area contributed by atoms with Crippen LogP contribution in [0.3, 0.4) is 0 Å². The van der Waals surface area contributed by atoms with Gasteiger partial charge in [-0.3, -0.25) is 14.5 Å². The van der Waals surface area contributed by atoms with Crippen molar-refractivity contribution in [3.63, 3.8) is 0 Å². The summed E-state index contributed by atoms with van der Waals surface area (Å²) in [6.07, 6.45) is 5.56. The van der Waals surface area contributed by atoms with Gasteiger partial charge >= 0.3 is 0 Å². The zero-order chi connectivity index (χ0) is 37.0. The summed E-state index contributed by atoms with van der Waals surface area (Å²) < 4.78 is 4.66. The van der Waals surface area contributed by atoms with Gasteiger partial charge in [0.25, 0.3) is 0 Å². The van der Waals surface area contributed by atoms with Crippen molar-refractivity contribution in [2.75, 3.05) is 0 Å². The number of nitrogens with zero attached hydrogens (tertiary/aromatic N) is 5. The van der Waals surface area contributed by atoms with Crippen molar-refractivity contribution in [1.29, 1.82) is 0 Å². The Morgan fingerprint density at radius 1 is 0.321 bits per heavy atom. The number of pyridine rings is 3. The van der Waals surface area contributed by atoms with Crippen LogP contribution in [0.15, 0.2) is 201 Å². The molecule has 5 nitrogen and oxygen atoms in total. The maximum atomic E-state index is 4.84. The van der Waals surface area contributed by atoms with Gasteiger partial charge < -0.3 is 4.57 Å². The van der Waals surface area contributed by atoms with Gasteiger partial charge in [0.05, 0.1) is 27.9 Å². The van der Waals surface area contributed by atoms with Gasteiger partial charge in [0.2, 0.25) is 0 Å². The summed E-state index contributed by atoms with van der Waals surface area (Å²) in [5.41, 5.74) is 15.2. The second-order valence-corrected chi connectivity index (χ2v) is 14.1. The molecule has 5 heteroatoms. The molecule has 0 aliphatic rings. The first-order valence-corrected chi connectivity index (χ1v) is 18.8. The van der Waals surface area contributed by atoms with Gasteiger partial charge in [-0.1, -0.05) is 78.9 Å². The number of benzene rings is 6. The van der Waals surface area contributed by atoms with E-state index in [0.717, 1.165) is 61.6 Å². The molecule has 5 heterocycles. The maximum Gasteiger partial charge on any atom is 0.145 e. The molecule has 5 aromatic heterocycles. The van der Waals surface area contributed by atoms with E-state index < -0.39 is 0 Å². The summed E-state index contributed by atoms with van der Waals surface area (Å²) in [7, 11) is 0. The normalized spacial score (nSPS) is 11.6. The fourth-order valence-corrected chi connectivity index (χ4v) is 8.35.